The fraction of sp³-hybridized carbons (Fsp3) is 0.364. The van der Waals surface area contributed by atoms with Crippen LogP contribution >= 0.6 is 0 Å². The van der Waals surface area contributed by atoms with Gasteiger partial charge in [0.15, 0.2) is 29.1 Å². The zero-order chi connectivity index (χ0) is 22.5. The molecule has 10 heteroatoms. The Kier molecular flexibility index (Phi) is 4.92. The number of H-pyrrole nitrogens is 1. The molecule has 2 bridgehead atoms. The highest BCUT2D eigenvalue weighted by molar-refractivity contribution is 5.89. The number of aromatic amines is 1. The molecule has 2 fully saturated rings. The van der Waals surface area contributed by atoms with Crippen molar-refractivity contribution in [3.8, 4) is 0 Å². The van der Waals surface area contributed by atoms with Crippen molar-refractivity contribution in [2.45, 2.75) is 37.1 Å². The second-order valence-corrected chi connectivity index (χ2v) is 7.80. The molecule has 0 spiro atoms. The smallest absolute Gasteiger partial charge is 0.338 e. The number of benzene rings is 1. The third-order valence-electron chi connectivity index (χ3n) is 5.92. The van der Waals surface area contributed by atoms with Crippen LogP contribution in [0.1, 0.15) is 22.4 Å². The van der Waals surface area contributed by atoms with E-state index in [4.69, 9.17) is 18.9 Å². The second kappa shape index (κ2) is 7.66. The zero-order valence-electron chi connectivity index (χ0n) is 17.6. The zero-order valence-corrected chi connectivity index (χ0v) is 17.6. The van der Waals surface area contributed by atoms with Crippen molar-refractivity contribution in [3.05, 3.63) is 71.1 Å². The third kappa shape index (κ3) is 2.99. The van der Waals surface area contributed by atoms with Gasteiger partial charge >= 0.3 is 5.97 Å². The number of aromatic nitrogens is 4. The van der Waals surface area contributed by atoms with Crippen LogP contribution < -0.4 is 5.56 Å². The van der Waals surface area contributed by atoms with Crippen LogP contribution in [0.2, 0.25) is 0 Å². The van der Waals surface area contributed by atoms with Crippen molar-refractivity contribution in [3.63, 3.8) is 0 Å². The molecule has 0 amide bonds. The van der Waals surface area contributed by atoms with E-state index in [0.29, 0.717) is 17.0 Å². The first kappa shape index (κ1) is 20.6. The minimum absolute atomic E-state index is 0.144. The van der Waals surface area contributed by atoms with E-state index in [9.17, 15) is 9.59 Å². The number of methoxy groups -OCH3 is 1. The molecule has 2 saturated heterocycles. The molecule has 5 atom stereocenters. The van der Waals surface area contributed by atoms with Crippen molar-refractivity contribution < 1.29 is 23.7 Å². The summed E-state index contributed by atoms with van der Waals surface area (Å²) < 4.78 is 25.6. The maximum atomic E-state index is 12.7. The number of aryl methyl sites for hydroxylation is 1. The standard InChI is InChI=1S/C22H22N4O6/c1-4-14(31-21(28)13-8-6-5-7-9-13)22-10-30-16(17(22)29-3)20(32-22)26-11-23-15-18(26)24-12(2)25-19(15)27/h4-9,11,14,16-17,20H,1,10H2,2-3H3,(H,24,25,27)/t14-,16+,17-,20+,22+/m0/s1. The number of carbonyl (C=O) groups is 1. The summed E-state index contributed by atoms with van der Waals surface area (Å²) in [6.07, 6.45) is 0.380. The van der Waals surface area contributed by atoms with Crippen LogP contribution in [0.5, 0.6) is 0 Å². The largest absolute Gasteiger partial charge is 0.451 e. The number of hydrogen-bond donors (Lipinski definition) is 1. The average molecular weight is 438 g/mol. The van der Waals surface area contributed by atoms with Crippen LogP contribution in [-0.4, -0.2) is 63.1 Å². The second-order valence-electron chi connectivity index (χ2n) is 7.80. The number of carbonyl (C=O) groups excluding carboxylic acids is 1. The summed E-state index contributed by atoms with van der Waals surface area (Å²) in [6, 6.07) is 8.67. The molecular weight excluding hydrogens is 416 g/mol. The summed E-state index contributed by atoms with van der Waals surface area (Å²) in [5, 5.41) is 0. The van der Waals surface area contributed by atoms with E-state index < -0.39 is 36.1 Å². The van der Waals surface area contributed by atoms with Crippen LogP contribution in [0.3, 0.4) is 0 Å². The van der Waals surface area contributed by atoms with Gasteiger partial charge in [0.1, 0.15) is 18.0 Å². The highest BCUT2D eigenvalue weighted by Crippen LogP contribution is 2.49. The number of ether oxygens (including phenoxy) is 4. The summed E-state index contributed by atoms with van der Waals surface area (Å²) in [5.41, 5.74) is -0.485. The highest BCUT2D eigenvalue weighted by Gasteiger charge is 2.66. The van der Waals surface area contributed by atoms with Gasteiger partial charge in [0, 0.05) is 7.11 Å². The van der Waals surface area contributed by atoms with E-state index in [1.54, 1.807) is 42.9 Å². The minimum Gasteiger partial charge on any atom is -0.451 e. The van der Waals surface area contributed by atoms with Crippen molar-refractivity contribution in [1.82, 2.24) is 19.5 Å². The fourth-order valence-corrected chi connectivity index (χ4v) is 4.49. The summed E-state index contributed by atoms with van der Waals surface area (Å²) in [7, 11) is 1.55. The Morgan fingerprint density at radius 2 is 2.19 bits per heavy atom. The highest BCUT2D eigenvalue weighted by atomic mass is 16.7. The maximum Gasteiger partial charge on any atom is 0.338 e. The normalized spacial score (nSPS) is 27.5. The molecule has 4 heterocycles. The Bertz CT molecular complexity index is 1240. The average Bonchev–Trinajstić information content (AvgIpc) is 3.47. The van der Waals surface area contributed by atoms with Gasteiger partial charge in [0.25, 0.3) is 5.56 Å². The molecule has 1 N–H and O–H groups in total. The molecule has 32 heavy (non-hydrogen) atoms. The van der Waals surface area contributed by atoms with Gasteiger partial charge in [-0.15, -0.1) is 0 Å². The SMILES string of the molecule is C=C[C@H](OC(=O)c1ccccc1)[C@@]12CO[C@@H]([C@H](n3cnc4c(=O)[nH]c(C)nc43)O1)[C@@H]2OC. The van der Waals surface area contributed by atoms with Crippen molar-refractivity contribution in [2.75, 3.05) is 13.7 Å². The number of rotatable bonds is 6. The van der Waals surface area contributed by atoms with E-state index in [1.807, 2.05) is 6.07 Å². The minimum atomic E-state index is -1.12. The van der Waals surface area contributed by atoms with Gasteiger partial charge in [-0.3, -0.25) is 9.36 Å². The third-order valence-corrected chi connectivity index (χ3v) is 5.92. The van der Waals surface area contributed by atoms with Gasteiger partial charge in [-0.05, 0) is 25.1 Å². The first-order chi connectivity index (χ1) is 15.5. The van der Waals surface area contributed by atoms with Gasteiger partial charge in [0.05, 0.1) is 18.5 Å². The Morgan fingerprint density at radius 3 is 2.91 bits per heavy atom. The number of nitrogens with one attached hydrogen (secondary N) is 1. The van der Waals surface area contributed by atoms with Crippen molar-refractivity contribution in [1.29, 1.82) is 0 Å². The molecule has 2 aliphatic rings. The van der Waals surface area contributed by atoms with Gasteiger partial charge in [-0.25, -0.2) is 14.8 Å². The molecule has 0 saturated carbocycles. The predicted molar refractivity (Wildman–Crippen MR) is 112 cm³/mol. The van der Waals surface area contributed by atoms with E-state index in [1.165, 1.54) is 12.4 Å². The number of fused-ring (bicyclic) bond motifs is 3. The lowest BCUT2D eigenvalue weighted by Crippen LogP contribution is -2.52. The van der Waals surface area contributed by atoms with Crippen LogP contribution in [0, 0.1) is 6.92 Å². The molecule has 1 aromatic carbocycles. The molecule has 166 valence electrons. The topological polar surface area (TPSA) is 118 Å². The summed E-state index contributed by atoms with van der Waals surface area (Å²) in [5.74, 6) is -0.0563. The summed E-state index contributed by atoms with van der Waals surface area (Å²) >= 11 is 0. The van der Waals surface area contributed by atoms with Crippen molar-refractivity contribution in [2.24, 2.45) is 0 Å². The molecule has 0 aliphatic carbocycles. The number of hydrogen-bond acceptors (Lipinski definition) is 8. The van der Waals surface area contributed by atoms with E-state index in [0.717, 1.165) is 0 Å². The van der Waals surface area contributed by atoms with E-state index in [2.05, 4.69) is 21.5 Å². The van der Waals surface area contributed by atoms with Gasteiger partial charge in [0.2, 0.25) is 0 Å². The monoisotopic (exact) mass is 438 g/mol. The number of nitrogens with zero attached hydrogens (tertiary/aromatic N) is 3. The number of imidazole rings is 1. The molecule has 3 aromatic rings. The Hall–Kier alpha value is -3.34. The maximum absolute atomic E-state index is 12.7. The Balaban J connectivity index is 1.50. The predicted octanol–water partition coefficient (Wildman–Crippen LogP) is 1.52. The molecule has 2 aliphatic heterocycles. The van der Waals surface area contributed by atoms with Gasteiger partial charge < -0.3 is 23.9 Å². The van der Waals surface area contributed by atoms with Crippen LogP contribution in [0.25, 0.3) is 11.2 Å². The summed E-state index contributed by atoms with van der Waals surface area (Å²) in [6.45, 7) is 5.68. The molecule has 2 aromatic heterocycles. The van der Waals surface area contributed by atoms with E-state index >= 15 is 0 Å². The van der Waals surface area contributed by atoms with Crippen molar-refractivity contribution >= 4 is 17.1 Å². The quantitative estimate of drug-likeness (QED) is 0.455. The number of esters is 1. The first-order valence-corrected chi connectivity index (χ1v) is 10.1. The molecule has 10 nitrogen and oxygen atoms in total. The van der Waals surface area contributed by atoms with Crippen LogP contribution in [-0.2, 0) is 18.9 Å². The Labute approximate surface area is 182 Å². The molecule has 5 rings (SSSR count). The molecule has 0 unspecified atom stereocenters. The summed E-state index contributed by atoms with van der Waals surface area (Å²) in [4.78, 5) is 36.2. The lowest BCUT2D eigenvalue weighted by molar-refractivity contribution is -0.200. The van der Waals surface area contributed by atoms with Gasteiger partial charge in [-0.1, -0.05) is 24.8 Å². The molecule has 0 radical (unpaired) electrons. The fourth-order valence-electron chi connectivity index (χ4n) is 4.49. The van der Waals surface area contributed by atoms with E-state index in [-0.39, 0.29) is 17.7 Å². The first-order valence-electron chi connectivity index (χ1n) is 10.1. The lowest BCUT2D eigenvalue weighted by atomic mass is 9.92. The Morgan fingerprint density at radius 1 is 1.41 bits per heavy atom. The van der Waals surface area contributed by atoms with Crippen LogP contribution in [0.4, 0.5) is 0 Å². The molecular formula is C22H22N4O6. The lowest BCUT2D eigenvalue weighted by Gasteiger charge is -2.36. The van der Waals surface area contributed by atoms with Crippen LogP contribution in [0.15, 0.2) is 54.1 Å². The van der Waals surface area contributed by atoms with Gasteiger partial charge in [-0.2, -0.15) is 0 Å².